The summed E-state index contributed by atoms with van der Waals surface area (Å²) in [5.74, 6) is 0.168. The van der Waals surface area contributed by atoms with Gasteiger partial charge < -0.3 is 11.5 Å². The smallest absolute Gasteiger partial charge is 0.0975 e. The first kappa shape index (κ1) is 10.5. The van der Waals surface area contributed by atoms with Gasteiger partial charge in [-0.2, -0.15) is 0 Å². The molecule has 86 valence electrons. The fourth-order valence-corrected chi connectivity index (χ4v) is 2.78. The van der Waals surface area contributed by atoms with Crippen molar-refractivity contribution in [2.45, 2.75) is 18.0 Å². The minimum Gasteiger partial charge on any atom is -0.309 e. The minimum atomic E-state index is -0.752. The van der Waals surface area contributed by atoms with E-state index < -0.39 is 5.66 Å². The third-order valence-corrected chi connectivity index (χ3v) is 3.69. The average Bonchev–Trinajstić information content (AvgIpc) is 2.63. The van der Waals surface area contributed by atoms with Crippen molar-refractivity contribution in [1.82, 2.24) is 0 Å². The quantitative estimate of drug-likeness (QED) is 0.729. The molecule has 3 rings (SSSR count). The van der Waals surface area contributed by atoms with Crippen LogP contribution in [0.1, 0.15) is 22.6 Å². The van der Waals surface area contributed by atoms with Crippen LogP contribution in [0.25, 0.3) is 0 Å². The van der Waals surface area contributed by atoms with Crippen LogP contribution < -0.4 is 11.5 Å². The zero-order valence-electron chi connectivity index (χ0n) is 9.64. The van der Waals surface area contributed by atoms with Crippen LogP contribution in [0.4, 0.5) is 0 Å². The van der Waals surface area contributed by atoms with Gasteiger partial charge in [0, 0.05) is 5.92 Å². The molecule has 2 aromatic carbocycles. The van der Waals surface area contributed by atoms with E-state index >= 15 is 0 Å². The monoisotopic (exact) mass is 224 g/mol. The standard InChI is InChI=1S/C15H16N2/c16-15(17)13-9-5-4-8-12(13)10-14(15)11-6-2-1-3-7-11/h1-9,14H,10,16-17H2. The molecule has 2 nitrogen and oxygen atoms in total. The molecule has 0 saturated carbocycles. The van der Waals surface area contributed by atoms with Crippen molar-refractivity contribution in [1.29, 1.82) is 0 Å². The highest BCUT2D eigenvalue weighted by molar-refractivity contribution is 5.44. The van der Waals surface area contributed by atoms with Gasteiger partial charge in [-0.25, -0.2) is 0 Å². The Bertz CT molecular complexity index is 532. The van der Waals surface area contributed by atoms with E-state index in [4.69, 9.17) is 11.5 Å². The third-order valence-electron chi connectivity index (χ3n) is 3.69. The number of rotatable bonds is 1. The fourth-order valence-electron chi connectivity index (χ4n) is 2.78. The zero-order valence-corrected chi connectivity index (χ0v) is 9.64. The van der Waals surface area contributed by atoms with Crippen LogP contribution in [0.15, 0.2) is 54.6 Å². The minimum absolute atomic E-state index is 0.168. The predicted octanol–water partition coefficient (Wildman–Crippen LogP) is 2.10. The SMILES string of the molecule is NC1(N)c2ccccc2CC1c1ccccc1. The zero-order chi connectivity index (χ0) is 11.9. The van der Waals surface area contributed by atoms with Crippen molar-refractivity contribution in [3.8, 4) is 0 Å². The van der Waals surface area contributed by atoms with E-state index in [9.17, 15) is 0 Å². The molecule has 1 aliphatic carbocycles. The second-order valence-electron chi connectivity index (χ2n) is 4.76. The third kappa shape index (κ3) is 1.57. The van der Waals surface area contributed by atoms with Gasteiger partial charge in [-0.1, -0.05) is 54.6 Å². The summed E-state index contributed by atoms with van der Waals surface area (Å²) in [5.41, 5.74) is 15.5. The van der Waals surface area contributed by atoms with E-state index in [0.29, 0.717) is 0 Å². The lowest BCUT2D eigenvalue weighted by atomic mass is 9.88. The maximum Gasteiger partial charge on any atom is 0.0975 e. The number of hydrogen-bond donors (Lipinski definition) is 2. The first-order valence-electron chi connectivity index (χ1n) is 5.90. The Hall–Kier alpha value is -1.64. The van der Waals surface area contributed by atoms with Crippen molar-refractivity contribution >= 4 is 0 Å². The highest BCUT2D eigenvalue weighted by Crippen LogP contribution is 2.41. The van der Waals surface area contributed by atoms with Crippen LogP contribution in [0.3, 0.4) is 0 Å². The van der Waals surface area contributed by atoms with Gasteiger partial charge in [0.25, 0.3) is 0 Å². The molecule has 0 bridgehead atoms. The van der Waals surface area contributed by atoms with Crippen LogP contribution in [0.5, 0.6) is 0 Å². The Morgan fingerprint density at radius 2 is 1.53 bits per heavy atom. The number of fused-ring (bicyclic) bond motifs is 1. The maximum absolute atomic E-state index is 6.34. The molecule has 2 heteroatoms. The van der Waals surface area contributed by atoms with Gasteiger partial charge in [-0.15, -0.1) is 0 Å². The molecule has 4 N–H and O–H groups in total. The summed E-state index contributed by atoms with van der Waals surface area (Å²) in [6.45, 7) is 0. The van der Waals surface area contributed by atoms with Gasteiger partial charge in [0.2, 0.25) is 0 Å². The molecule has 1 aliphatic rings. The van der Waals surface area contributed by atoms with Crippen molar-refractivity contribution in [2.24, 2.45) is 11.5 Å². The van der Waals surface area contributed by atoms with Gasteiger partial charge in [0.1, 0.15) is 0 Å². The van der Waals surface area contributed by atoms with Gasteiger partial charge >= 0.3 is 0 Å². The molecule has 0 aromatic heterocycles. The normalized spacial score (nSPS) is 21.2. The number of nitrogens with two attached hydrogens (primary N) is 2. The van der Waals surface area contributed by atoms with Gasteiger partial charge in [-0.05, 0) is 23.1 Å². The molecule has 2 aromatic rings. The summed E-state index contributed by atoms with van der Waals surface area (Å²) in [4.78, 5) is 0. The van der Waals surface area contributed by atoms with Crippen molar-refractivity contribution in [2.75, 3.05) is 0 Å². The molecule has 0 fully saturated rings. The lowest BCUT2D eigenvalue weighted by Crippen LogP contribution is -2.48. The van der Waals surface area contributed by atoms with Crippen molar-refractivity contribution in [3.05, 3.63) is 71.3 Å². The van der Waals surface area contributed by atoms with E-state index in [2.05, 4.69) is 18.2 Å². The summed E-state index contributed by atoms with van der Waals surface area (Å²) in [7, 11) is 0. The van der Waals surface area contributed by atoms with Gasteiger partial charge in [0.05, 0.1) is 5.66 Å². The molecule has 0 amide bonds. The highest BCUT2D eigenvalue weighted by Gasteiger charge is 2.41. The largest absolute Gasteiger partial charge is 0.309 e. The van der Waals surface area contributed by atoms with Crippen LogP contribution >= 0.6 is 0 Å². The van der Waals surface area contributed by atoms with E-state index in [0.717, 1.165) is 12.0 Å². The Balaban J connectivity index is 2.07. The first-order valence-corrected chi connectivity index (χ1v) is 5.90. The molecule has 0 aliphatic heterocycles. The molecule has 1 atom stereocenters. The van der Waals surface area contributed by atoms with E-state index in [1.54, 1.807) is 0 Å². The molecular weight excluding hydrogens is 208 g/mol. The maximum atomic E-state index is 6.34. The average molecular weight is 224 g/mol. The van der Waals surface area contributed by atoms with Crippen molar-refractivity contribution < 1.29 is 0 Å². The Morgan fingerprint density at radius 1 is 0.882 bits per heavy atom. The van der Waals surface area contributed by atoms with E-state index in [1.165, 1.54) is 11.1 Å². The lowest BCUT2D eigenvalue weighted by molar-refractivity contribution is 0.398. The Kier molecular flexibility index (Phi) is 2.28. The summed E-state index contributed by atoms with van der Waals surface area (Å²) in [6, 6.07) is 18.5. The number of hydrogen-bond acceptors (Lipinski definition) is 2. The molecule has 0 saturated heterocycles. The second-order valence-corrected chi connectivity index (χ2v) is 4.76. The highest BCUT2D eigenvalue weighted by atomic mass is 15.0. The first-order chi connectivity index (χ1) is 8.19. The summed E-state index contributed by atoms with van der Waals surface area (Å²) < 4.78 is 0. The second kappa shape index (κ2) is 3.69. The lowest BCUT2D eigenvalue weighted by Gasteiger charge is -2.28. The molecule has 17 heavy (non-hydrogen) atoms. The molecule has 1 unspecified atom stereocenters. The fraction of sp³-hybridized carbons (Fsp3) is 0.200. The van der Waals surface area contributed by atoms with Crippen molar-refractivity contribution in [3.63, 3.8) is 0 Å². The molecule has 0 spiro atoms. The van der Waals surface area contributed by atoms with Crippen LogP contribution in [-0.2, 0) is 12.1 Å². The van der Waals surface area contributed by atoms with Crippen LogP contribution in [0.2, 0.25) is 0 Å². The van der Waals surface area contributed by atoms with Gasteiger partial charge in [0.15, 0.2) is 0 Å². The summed E-state index contributed by atoms with van der Waals surface area (Å²) in [6.07, 6.45) is 0.924. The summed E-state index contributed by atoms with van der Waals surface area (Å²) in [5, 5.41) is 0. The Morgan fingerprint density at radius 3 is 2.24 bits per heavy atom. The van der Waals surface area contributed by atoms with Gasteiger partial charge in [-0.3, -0.25) is 0 Å². The molecular formula is C15H16N2. The van der Waals surface area contributed by atoms with E-state index in [1.807, 2.05) is 36.4 Å². The van der Waals surface area contributed by atoms with E-state index in [-0.39, 0.29) is 5.92 Å². The van der Waals surface area contributed by atoms with Crippen LogP contribution in [-0.4, -0.2) is 0 Å². The number of benzene rings is 2. The predicted molar refractivity (Wildman–Crippen MR) is 69.4 cm³/mol. The van der Waals surface area contributed by atoms with Crippen LogP contribution in [0, 0.1) is 0 Å². The molecule has 0 heterocycles. The topological polar surface area (TPSA) is 52.0 Å². The molecule has 0 radical (unpaired) electrons. The Labute approximate surface area is 101 Å². The summed E-state index contributed by atoms with van der Waals surface area (Å²) >= 11 is 0.